The first-order chi connectivity index (χ1) is 15.2. The zero-order chi connectivity index (χ0) is 21.5. The summed E-state index contributed by atoms with van der Waals surface area (Å²) >= 11 is 1.73. The van der Waals surface area contributed by atoms with Gasteiger partial charge in [-0.3, -0.25) is 4.79 Å². The number of hydrogen-bond donors (Lipinski definition) is 1. The summed E-state index contributed by atoms with van der Waals surface area (Å²) in [5, 5.41) is 2.97. The summed E-state index contributed by atoms with van der Waals surface area (Å²) in [6.45, 7) is 2.54. The molecule has 4 aromatic rings. The average Bonchev–Trinajstić information content (AvgIpc) is 3.19. The van der Waals surface area contributed by atoms with E-state index in [1.165, 1.54) is 10.5 Å². The molecule has 0 atom stereocenters. The summed E-state index contributed by atoms with van der Waals surface area (Å²) in [5.74, 6) is 2.07. The summed E-state index contributed by atoms with van der Waals surface area (Å²) in [5.41, 5.74) is 3.63. The van der Waals surface area contributed by atoms with Crippen LogP contribution in [0.5, 0.6) is 0 Å². The van der Waals surface area contributed by atoms with Gasteiger partial charge in [-0.25, -0.2) is 4.98 Å². The van der Waals surface area contributed by atoms with E-state index >= 15 is 0 Å². The fraction of sp³-hybridized carbons (Fsp3) is 0.154. The Labute approximate surface area is 186 Å². The summed E-state index contributed by atoms with van der Waals surface area (Å²) in [7, 11) is 0. The molecule has 0 aliphatic carbocycles. The molecule has 0 radical (unpaired) electrons. The van der Waals surface area contributed by atoms with Crippen LogP contribution in [0.3, 0.4) is 0 Å². The molecule has 1 heterocycles. The van der Waals surface area contributed by atoms with E-state index in [9.17, 15) is 4.79 Å². The maximum atomic E-state index is 12.4. The van der Waals surface area contributed by atoms with Gasteiger partial charge in [-0.1, -0.05) is 48.5 Å². The lowest BCUT2D eigenvalue weighted by molar-refractivity contribution is 0.0954. The maximum Gasteiger partial charge on any atom is 0.251 e. The summed E-state index contributed by atoms with van der Waals surface area (Å²) in [6.07, 6.45) is 0.810. The highest BCUT2D eigenvalue weighted by molar-refractivity contribution is 7.98. The Morgan fingerprint density at radius 1 is 0.935 bits per heavy atom. The first kappa shape index (κ1) is 20.9. The molecule has 0 saturated heterocycles. The van der Waals surface area contributed by atoms with Crippen molar-refractivity contribution >= 4 is 17.7 Å². The zero-order valence-electron chi connectivity index (χ0n) is 17.4. The molecule has 0 unspecified atom stereocenters. The molecule has 0 spiro atoms. The molecule has 0 bridgehead atoms. The lowest BCUT2D eigenvalue weighted by Gasteiger charge is -2.06. The van der Waals surface area contributed by atoms with Crippen LogP contribution in [0, 0.1) is 6.92 Å². The number of nitrogens with one attached hydrogen (secondary N) is 1. The molecular weight excluding hydrogens is 404 g/mol. The number of thioether (sulfide) groups is 1. The van der Waals surface area contributed by atoms with Crippen molar-refractivity contribution in [2.45, 2.75) is 24.0 Å². The van der Waals surface area contributed by atoms with Crippen molar-refractivity contribution in [2.24, 2.45) is 0 Å². The number of oxazole rings is 1. The first-order valence-electron chi connectivity index (χ1n) is 10.3. The van der Waals surface area contributed by atoms with E-state index in [-0.39, 0.29) is 5.91 Å². The van der Waals surface area contributed by atoms with Gasteiger partial charge in [-0.05, 0) is 55.3 Å². The first-order valence-corrected chi connectivity index (χ1v) is 11.2. The van der Waals surface area contributed by atoms with Crippen molar-refractivity contribution in [1.82, 2.24) is 10.3 Å². The Balaban J connectivity index is 1.35. The maximum absolute atomic E-state index is 12.4. The Hall–Kier alpha value is -3.31. The standard InChI is InChI=1S/C26H24N2O2S/c1-19-24(18-31-23-10-6-3-7-11-23)28-26(30-19)22-14-12-21(13-15-22)25(29)27-17-16-20-8-4-2-5-9-20/h2-15H,16-18H2,1H3,(H,27,29). The van der Waals surface area contributed by atoms with Crippen molar-refractivity contribution in [1.29, 1.82) is 0 Å². The highest BCUT2D eigenvalue weighted by Gasteiger charge is 2.13. The van der Waals surface area contributed by atoms with Gasteiger partial charge in [-0.15, -0.1) is 11.8 Å². The third kappa shape index (κ3) is 5.64. The molecule has 0 saturated carbocycles. The summed E-state index contributed by atoms with van der Waals surface area (Å²) in [4.78, 5) is 18.3. The summed E-state index contributed by atoms with van der Waals surface area (Å²) in [6, 6.07) is 27.8. The molecule has 1 aromatic heterocycles. The topological polar surface area (TPSA) is 55.1 Å². The highest BCUT2D eigenvalue weighted by Crippen LogP contribution is 2.27. The van der Waals surface area contributed by atoms with Crippen molar-refractivity contribution in [3.63, 3.8) is 0 Å². The van der Waals surface area contributed by atoms with Gasteiger partial charge < -0.3 is 9.73 Å². The van der Waals surface area contributed by atoms with Crippen LogP contribution in [-0.4, -0.2) is 17.4 Å². The van der Waals surface area contributed by atoms with Crippen LogP contribution in [0.15, 0.2) is 94.2 Å². The molecule has 0 fully saturated rings. The zero-order valence-corrected chi connectivity index (χ0v) is 18.2. The smallest absolute Gasteiger partial charge is 0.251 e. The second kappa shape index (κ2) is 10.1. The Morgan fingerprint density at radius 3 is 2.32 bits per heavy atom. The molecule has 1 amide bonds. The molecule has 5 heteroatoms. The van der Waals surface area contributed by atoms with Crippen molar-refractivity contribution < 1.29 is 9.21 Å². The van der Waals surface area contributed by atoms with Crippen LogP contribution in [0.2, 0.25) is 0 Å². The predicted molar refractivity (Wildman–Crippen MR) is 125 cm³/mol. The van der Waals surface area contributed by atoms with Crippen LogP contribution in [0.25, 0.3) is 11.5 Å². The Morgan fingerprint density at radius 2 is 1.61 bits per heavy atom. The van der Waals surface area contributed by atoms with Gasteiger partial charge in [0.2, 0.25) is 5.89 Å². The third-order valence-corrected chi connectivity index (χ3v) is 5.97. The van der Waals surface area contributed by atoms with E-state index in [1.807, 2.05) is 67.6 Å². The van der Waals surface area contributed by atoms with E-state index in [1.54, 1.807) is 11.8 Å². The quantitative estimate of drug-likeness (QED) is 0.354. The Kier molecular flexibility index (Phi) is 6.85. The van der Waals surface area contributed by atoms with Gasteiger partial charge in [-0.2, -0.15) is 0 Å². The molecule has 31 heavy (non-hydrogen) atoms. The van der Waals surface area contributed by atoms with Gasteiger partial charge in [0.05, 0.1) is 5.69 Å². The number of carbonyl (C=O) groups is 1. The molecule has 4 nitrogen and oxygen atoms in total. The van der Waals surface area contributed by atoms with Gasteiger partial charge in [0.15, 0.2) is 0 Å². The molecule has 3 aromatic carbocycles. The molecular formula is C26H24N2O2S. The third-order valence-electron chi connectivity index (χ3n) is 4.95. The number of aromatic nitrogens is 1. The minimum Gasteiger partial charge on any atom is -0.441 e. The normalized spacial score (nSPS) is 10.7. The lowest BCUT2D eigenvalue weighted by atomic mass is 10.1. The van der Waals surface area contributed by atoms with Gasteiger partial charge in [0.25, 0.3) is 5.91 Å². The van der Waals surface area contributed by atoms with Gasteiger partial charge >= 0.3 is 0 Å². The predicted octanol–water partition coefficient (Wildman–Crippen LogP) is 5.91. The average molecular weight is 429 g/mol. The molecule has 1 N–H and O–H groups in total. The van der Waals surface area contributed by atoms with E-state index < -0.39 is 0 Å². The number of nitrogens with zero attached hydrogens (tertiary/aromatic N) is 1. The number of aryl methyl sites for hydroxylation is 1. The van der Waals surface area contributed by atoms with Crippen LogP contribution >= 0.6 is 11.8 Å². The Bertz CT molecular complexity index is 1120. The largest absolute Gasteiger partial charge is 0.441 e. The number of benzene rings is 3. The van der Waals surface area contributed by atoms with Crippen LogP contribution in [0.1, 0.15) is 27.4 Å². The number of hydrogen-bond acceptors (Lipinski definition) is 4. The minimum atomic E-state index is -0.0778. The van der Waals surface area contributed by atoms with Crippen molar-refractivity contribution in [3.05, 3.63) is 108 Å². The second-order valence-electron chi connectivity index (χ2n) is 7.19. The lowest BCUT2D eigenvalue weighted by Crippen LogP contribution is -2.25. The summed E-state index contributed by atoms with van der Waals surface area (Å²) < 4.78 is 5.88. The fourth-order valence-electron chi connectivity index (χ4n) is 3.19. The van der Waals surface area contributed by atoms with E-state index in [0.717, 1.165) is 29.2 Å². The van der Waals surface area contributed by atoms with E-state index in [4.69, 9.17) is 4.42 Å². The monoisotopic (exact) mass is 428 g/mol. The van der Waals surface area contributed by atoms with Crippen LogP contribution in [0.4, 0.5) is 0 Å². The second-order valence-corrected chi connectivity index (χ2v) is 8.24. The molecule has 156 valence electrons. The van der Waals surface area contributed by atoms with E-state index in [0.29, 0.717) is 18.0 Å². The molecule has 4 rings (SSSR count). The van der Waals surface area contributed by atoms with Gasteiger partial charge in [0, 0.05) is 28.3 Å². The number of carbonyl (C=O) groups excluding carboxylic acids is 1. The van der Waals surface area contributed by atoms with E-state index in [2.05, 4.69) is 34.6 Å². The minimum absolute atomic E-state index is 0.0778. The fourth-order valence-corrected chi connectivity index (χ4v) is 4.11. The van der Waals surface area contributed by atoms with Crippen molar-refractivity contribution in [2.75, 3.05) is 6.54 Å². The highest BCUT2D eigenvalue weighted by atomic mass is 32.2. The van der Waals surface area contributed by atoms with Crippen LogP contribution < -0.4 is 5.32 Å². The number of rotatable bonds is 8. The molecule has 0 aliphatic rings. The SMILES string of the molecule is Cc1oc(-c2ccc(C(=O)NCCc3ccccc3)cc2)nc1CSc1ccccc1. The van der Waals surface area contributed by atoms with Gasteiger partial charge in [0.1, 0.15) is 5.76 Å². The molecule has 0 aliphatic heterocycles. The van der Waals surface area contributed by atoms with Crippen molar-refractivity contribution in [3.8, 4) is 11.5 Å². The number of amides is 1. The van der Waals surface area contributed by atoms with Crippen LogP contribution in [-0.2, 0) is 12.2 Å².